The van der Waals surface area contributed by atoms with E-state index in [-0.39, 0.29) is 17.2 Å². The van der Waals surface area contributed by atoms with Crippen molar-refractivity contribution in [3.63, 3.8) is 0 Å². The molecule has 2 aliphatic rings. The summed E-state index contributed by atoms with van der Waals surface area (Å²) in [6.45, 7) is 2.06. The van der Waals surface area contributed by atoms with Crippen LogP contribution in [0.4, 0.5) is 0 Å². The lowest BCUT2D eigenvalue weighted by Crippen LogP contribution is -2.29. The van der Waals surface area contributed by atoms with Gasteiger partial charge in [0.1, 0.15) is 0 Å². The van der Waals surface area contributed by atoms with Crippen LogP contribution in [-0.2, 0) is 6.42 Å². The molecule has 2 aliphatic heterocycles. The topological polar surface area (TPSA) is 68.2 Å². The summed E-state index contributed by atoms with van der Waals surface area (Å²) in [7, 11) is -0.799. The van der Waals surface area contributed by atoms with E-state index in [0.29, 0.717) is 23.5 Å². The Balaban J connectivity index is 2.12. The molecule has 3 rings (SSSR count). The Morgan fingerprint density at radius 2 is 1.69 bits per heavy atom. The average Bonchev–Trinajstić information content (AvgIpc) is 2.86. The quantitative estimate of drug-likeness (QED) is 0.600. The van der Waals surface area contributed by atoms with Crippen LogP contribution in [0.3, 0.4) is 0 Å². The van der Waals surface area contributed by atoms with E-state index >= 15 is 0 Å². The second kappa shape index (κ2) is 3.14. The minimum Gasteiger partial charge on any atom is -0.504 e. The fraction of sp³-hybridized carbons (Fsp3) is 0.400. The summed E-state index contributed by atoms with van der Waals surface area (Å²) < 4.78 is 15.7. The lowest BCUT2D eigenvalue weighted by atomic mass is 10.0. The van der Waals surface area contributed by atoms with Crippen LogP contribution in [-0.4, -0.2) is 17.5 Å². The zero-order valence-corrected chi connectivity index (χ0v) is 8.82. The van der Waals surface area contributed by atoms with E-state index in [1.54, 1.807) is 0 Å². The van der Waals surface area contributed by atoms with Gasteiger partial charge in [-0.05, 0) is 12.8 Å². The van der Waals surface area contributed by atoms with Crippen molar-refractivity contribution in [3.05, 3.63) is 5.56 Å². The van der Waals surface area contributed by atoms with Gasteiger partial charge in [0.15, 0.2) is 23.0 Å². The summed E-state index contributed by atoms with van der Waals surface area (Å²) in [6.07, 6.45) is 2.56. The Labute approximate surface area is 92.7 Å². The zero-order valence-electron chi connectivity index (χ0n) is 8.82. The number of hydrogen-bond donors (Lipinski definition) is 2. The molecule has 0 saturated heterocycles. The summed E-state index contributed by atoms with van der Waals surface area (Å²) in [6, 6.07) is 0. The van der Waals surface area contributed by atoms with Crippen LogP contribution in [0.25, 0.3) is 0 Å². The van der Waals surface area contributed by atoms with E-state index in [0.717, 1.165) is 12.8 Å². The highest BCUT2D eigenvalue weighted by molar-refractivity contribution is 6.43. The largest absolute Gasteiger partial charge is 0.864 e. The molecule has 16 heavy (non-hydrogen) atoms. The van der Waals surface area contributed by atoms with Gasteiger partial charge in [0.25, 0.3) is 0 Å². The van der Waals surface area contributed by atoms with Crippen LogP contribution in [0.1, 0.15) is 25.3 Å². The van der Waals surface area contributed by atoms with Gasteiger partial charge < -0.3 is 24.2 Å². The molecule has 0 aromatic heterocycles. The van der Waals surface area contributed by atoms with Crippen molar-refractivity contribution in [2.45, 2.75) is 26.2 Å². The number of hydrogen-bond acceptors (Lipinski definition) is 5. The first kappa shape index (κ1) is 9.51. The predicted octanol–water partition coefficient (Wildman–Crippen LogP) is 1.59. The van der Waals surface area contributed by atoms with E-state index < -0.39 is 7.32 Å². The molecule has 0 spiro atoms. The molecule has 0 aliphatic carbocycles. The minimum atomic E-state index is -0.799. The molecule has 2 bridgehead atoms. The molecular formula is C10H11BO5. The third kappa shape index (κ3) is 1.07. The van der Waals surface area contributed by atoms with E-state index in [9.17, 15) is 10.2 Å². The Bertz CT molecular complexity index is 459. The lowest BCUT2D eigenvalue weighted by Gasteiger charge is -2.16. The highest BCUT2D eigenvalue weighted by Gasteiger charge is 2.50. The second-order valence-electron chi connectivity index (χ2n) is 3.91. The lowest BCUT2D eigenvalue weighted by molar-refractivity contribution is 0.343. The summed E-state index contributed by atoms with van der Waals surface area (Å²) in [4.78, 5) is 0. The summed E-state index contributed by atoms with van der Waals surface area (Å²) in [5, 5.41) is 19.6. The van der Waals surface area contributed by atoms with Gasteiger partial charge in [0.05, 0.1) is 0 Å². The molecule has 84 valence electrons. The van der Waals surface area contributed by atoms with E-state index in [1.165, 1.54) is 0 Å². The van der Waals surface area contributed by atoms with E-state index in [2.05, 4.69) is 6.92 Å². The van der Waals surface area contributed by atoms with Crippen molar-refractivity contribution in [2.75, 3.05) is 0 Å². The van der Waals surface area contributed by atoms with Gasteiger partial charge in [-0.1, -0.05) is 13.3 Å². The maximum Gasteiger partial charge on any atom is 0.864 e. The maximum absolute atomic E-state index is 9.83. The predicted molar refractivity (Wildman–Crippen MR) is 56.0 cm³/mol. The third-order valence-electron chi connectivity index (χ3n) is 2.83. The number of rotatable bonds is 3. The summed E-state index contributed by atoms with van der Waals surface area (Å²) in [5.41, 5.74) is 0.601. The molecule has 6 heteroatoms. The van der Waals surface area contributed by atoms with Crippen LogP contribution in [0.2, 0.25) is 0 Å². The van der Waals surface area contributed by atoms with Gasteiger partial charge in [0.2, 0.25) is 5.75 Å². The van der Waals surface area contributed by atoms with Crippen LogP contribution < -0.4 is 14.0 Å². The molecule has 1 aromatic rings. The molecule has 0 unspecified atom stereocenters. The number of unbranched alkanes of at least 4 members (excludes halogenated alkanes) is 1. The van der Waals surface area contributed by atoms with Crippen molar-refractivity contribution in [2.24, 2.45) is 0 Å². The molecule has 0 radical (unpaired) electrons. The zero-order chi connectivity index (χ0) is 11.3. The van der Waals surface area contributed by atoms with Crippen LogP contribution in [0, 0.1) is 0 Å². The molecule has 1 aromatic carbocycles. The molecular weight excluding hydrogens is 211 g/mol. The average molecular weight is 222 g/mol. The first-order valence-electron chi connectivity index (χ1n) is 5.33. The van der Waals surface area contributed by atoms with Crippen molar-refractivity contribution >= 4 is 7.32 Å². The molecule has 2 N–H and O–H groups in total. The highest BCUT2D eigenvalue weighted by Crippen LogP contribution is 2.58. The van der Waals surface area contributed by atoms with Crippen molar-refractivity contribution in [3.8, 4) is 28.7 Å². The number of phenolic OH excluding ortho intramolecular Hbond substituents is 2. The van der Waals surface area contributed by atoms with Gasteiger partial charge in [-0.2, -0.15) is 0 Å². The first-order chi connectivity index (χ1) is 7.72. The van der Waals surface area contributed by atoms with E-state index in [1.807, 2.05) is 0 Å². The normalized spacial score (nSPS) is 14.7. The number of phenols is 2. The minimum absolute atomic E-state index is 0.161. The van der Waals surface area contributed by atoms with Gasteiger partial charge in [-0.15, -0.1) is 0 Å². The molecule has 0 atom stereocenters. The first-order valence-corrected chi connectivity index (χ1v) is 5.33. The van der Waals surface area contributed by atoms with Crippen LogP contribution >= 0.6 is 0 Å². The van der Waals surface area contributed by atoms with Gasteiger partial charge >= 0.3 is 7.32 Å². The third-order valence-corrected chi connectivity index (χ3v) is 2.83. The molecule has 0 saturated carbocycles. The Kier molecular flexibility index (Phi) is 1.86. The van der Waals surface area contributed by atoms with Crippen LogP contribution in [0.5, 0.6) is 28.7 Å². The monoisotopic (exact) mass is 222 g/mol. The van der Waals surface area contributed by atoms with Crippen molar-refractivity contribution in [1.82, 2.24) is 0 Å². The van der Waals surface area contributed by atoms with Gasteiger partial charge in [-0.3, -0.25) is 0 Å². The Morgan fingerprint density at radius 1 is 1.00 bits per heavy atom. The van der Waals surface area contributed by atoms with Crippen molar-refractivity contribution in [1.29, 1.82) is 0 Å². The standard InChI is InChI=1S/C10H11BO5/c1-2-3-4-5-6(12)7(13)9-10-8(5)14-11(15-9)16-10/h12-13H,2-4H2,1H3. The Hall–Kier alpha value is -1.72. The molecule has 0 fully saturated rings. The number of benzene rings is 1. The number of fused-ring (bicyclic) bond motifs is 1. The highest BCUT2D eigenvalue weighted by atomic mass is 16.8. The molecule has 5 nitrogen and oxygen atoms in total. The second-order valence-corrected chi connectivity index (χ2v) is 3.91. The summed E-state index contributed by atoms with van der Waals surface area (Å²) >= 11 is 0. The smallest absolute Gasteiger partial charge is 0.504 e. The molecule has 0 amide bonds. The molecule has 2 heterocycles. The van der Waals surface area contributed by atoms with Gasteiger partial charge in [-0.25, -0.2) is 0 Å². The van der Waals surface area contributed by atoms with Gasteiger partial charge in [0, 0.05) is 5.56 Å². The van der Waals surface area contributed by atoms with E-state index in [4.69, 9.17) is 14.0 Å². The Morgan fingerprint density at radius 3 is 2.38 bits per heavy atom. The van der Waals surface area contributed by atoms with Crippen molar-refractivity contribution < 1.29 is 24.2 Å². The maximum atomic E-state index is 9.83. The fourth-order valence-corrected chi connectivity index (χ4v) is 1.99. The SMILES string of the molecule is CCCCc1c(O)c(O)c2c3c1OB(O2)O3. The van der Waals surface area contributed by atoms with Crippen LogP contribution in [0.15, 0.2) is 0 Å². The number of aromatic hydroxyl groups is 2. The summed E-state index contributed by atoms with van der Waals surface area (Å²) in [5.74, 6) is 0.687. The fourth-order valence-electron chi connectivity index (χ4n) is 1.99.